The van der Waals surface area contributed by atoms with Gasteiger partial charge in [-0.1, -0.05) is 12.1 Å². The first-order chi connectivity index (χ1) is 15.0. The Morgan fingerprint density at radius 1 is 1.19 bits per heavy atom. The minimum Gasteiger partial charge on any atom is -0.335 e. The molecule has 0 saturated carbocycles. The molecule has 1 fully saturated rings. The van der Waals surface area contributed by atoms with Crippen LogP contribution in [0, 0.1) is 11.3 Å². The molecule has 2 atom stereocenters. The van der Waals surface area contributed by atoms with Crippen molar-refractivity contribution in [3.8, 4) is 6.07 Å². The Labute approximate surface area is 182 Å². The van der Waals surface area contributed by atoms with E-state index in [4.69, 9.17) is 10.2 Å². The lowest BCUT2D eigenvalue weighted by molar-refractivity contribution is 0.148. The highest BCUT2D eigenvalue weighted by molar-refractivity contribution is 5.89. The van der Waals surface area contributed by atoms with Crippen molar-refractivity contribution in [3.63, 3.8) is 0 Å². The number of benzene rings is 2. The summed E-state index contributed by atoms with van der Waals surface area (Å²) in [4.78, 5) is 19.9. The Bertz CT molecular complexity index is 1110. The quantitative estimate of drug-likeness (QED) is 0.658. The number of amides is 2. The molecule has 3 aromatic rings. The number of nitrogens with zero attached hydrogens (tertiary/aromatic N) is 4. The van der Waals surface area contributed by atoms with Crippen LogP contribution in [-0.2, 0) is 0 Å². The van der Waals surface area contributed by atoms with Crippen LogP contribution in [-0.4, -0.2) is 40.1 Å². The fourth-order valence-corrected chi connectivity index (χ4v) is 4.34. The molecule has 0 radical (unpaired) electrons. The lowest BCUT2D eigenvalue weighted by atomic mass is 9.97. The number of aromatic nitrogens is 2. The number of urea groups is 1. The van der Waals surface area contributed by atoms with E-state index in [1.165, 1.54) is 0 Å². The Balaban J connectivity index is 1.49. The first kappa shape index (κ1) is 20.9. The molecular weight excluding hydrogens is 388 g/mol. The summed E-state index contributed by atoms with van der Waals surface area (Å²) in [6.07, 6.45) is 1.68. The van der Waals surface area contributed by atoms with Crippen LogP contribution in [0.2, 0.25) is 0 Å². The zero-order chi connectivity index (χ0) is 22.0. The minimum absolute atomic E-state index is 0.0556. The maximum atomic E-state index is 12.6. The number of fused-ring (bicyclic) bond motifs is 1. The van der Waals surface area contributed by atoms with Gasteiger partial charge in [0.05, 0.1) is 28.7 Å². The van der Waals surface area contributed by atoms with Gasteiger partial charge in [0.2, 0.25) is 0 Å². The van der Waals surface area contributed by atoms with Gasteiger partial charge in [0, 0.05) is 24.3 Å². The van der Waals surface area contributed by atoms with Crippen LogP contribution in [0.15, 0.2) is 48.5 Å². The highest BCUT2D eigenvalue weighted by Gasteiger charge is 2.32. The molecule has 31 heavy (non-hydrogen) atoms. The average molecular weight is 417 g/mol. The zero-order valence-corrected chi connectivity index (χ0v) is 18.2. The van der Waals surface area contributed by atoms with Crippen molar-refractivity contribution in [1.29, 1.82) is 5.26 Å². The van der Waals surface area contributed by atoms with E-state index in [1.54, 1.807) is 24.3 Å². The van der Waals surface area contributed by atoms with Gasteiger partial charge in [-0.3, -0.25) is 4.90 Å². The number of carbonyl (C=O) groups excluding carboxylic acids is 1. The first-order valence-corrected chi connectivity index (χ1v) is 10.7. The number of rotatable bonds is 4. The van der Waals surface area contributed by atoms with E-state index in [9.17, 15) is 4.79 Å². The van der Waals surface area contributed by atoms with Crippen LogP contribution >= 0.6 is 0 Å². The molecular formula is C24H28N6O. The van der Waals surface area contributed by atoms with E-state index in [0.29, 0.717) is 17.3 Å². The SMILES string of the molecule is CC(C)n1c([C@H]2C[C@H](NC(=O)Nc3ccc(C#N)cc3)CCN2C)nc2ccccc21. The van der Waals surface area contributed by atoms with E-state index >= 15 is 0 Å². The topological polar surface area (TPSA) is 86.0 Å². The Hall–Kier alpha value is -3.37. The molecule has 2 N–H and O–H groups in total. The lowest BCUT2D eigenvalue weighted by Crippen LogP contribution is -2.46. The molecule has 7 heteroatoms. The van der Waals surface area contributed by atoms with Crippen LogP contribution in [0.1, 0.15) is 50.2 Å². The Morgan fingerprint density at radius 3 is 2.65 bits per heavy atom. The van der Waals surface area contributed by atoms with Crippen molar-refractivity contribution in [1.82, 2.24) is 19.8 Å². The third-order valence-corrected chi connectivity index (χ3v) is 5.91. The van der Waals surface area contributed by atoms with Gasteiger partial charge in [-0.2, -0.15) is 5.26 Å². The molecule has 0 unspecified atom stereocenters. The van der Waals surface area contributed by atoms with Crippen molar-refractivity contribution in [3.05, 3.63) is 59.9 Å². The number of hydrogen-bond donors (Lipinski definition) is 2. The molecule has 1 aliphatic rings. The summed E-state index contributed by atoms with van der Waals surface area (Å²) in [5.74, 6) is 1.05. The van der Waals surface area contributed by atoms with Crippen LogP contribution < -0.4 is 10.6 Å². The number of carbonyl (C=O) groups is 1. The molecule has 2 aromatic carbocycles. The summed E-state index contributed by atoms with van der Waals surface area (Å²) in [7, 11) is 2.13. The summed E-state index contributed by atoms with van der Waals surface area (Å²) in [6, 6.07) is 17.4. The van der Waals surface area contributed by atoms with Gasteiger partial charge < -0.3 is 15.2 Å². The van der Waals surface area contributed by atoms with E-state index in [1.807, 2.05) is 6.07 Å². The molecule has 7 nitrogen and oxygen atoms in total. The Morgan fingerprint density at radius 2 is 1.94 bits per heavy atom. The maximum absolute atomic E-state index is 12.6. The van der Waals surface area contributed by atoms with Crippen LogP contribution in [0.5, 0.6) is 0 Å². The van der Waals surface area contributed by atoms with Crippen LogP contribution in [0.4, 0.5) is 10.5 Å². The predicted molar refractivity (Wildman–Crippen MR) is 122 cm³/mol. The van der Waals surface area contributed by atoms with E-state index in [0.717, 1.165) is 36.2 Å². The fraction of sp³-hybridized carbons (Fsp3) is 0.375. The molecule has 2 amide bonds. The van der Waals surface area contributed by atoms with Gasteiger partial charge in [0.25, 0.3) is 0 Å². The molecule has 4 rings (SSSR count). The predicted octanol–water partition coefficient (Wildman–Crippen LogP) is 4.45. The largest absolute Gasteiger partial charge is 0.335 e. The zero-order valence-electron chi connectivity index (χ0n) is 18.2. The Kier molecular flexibility index (Phi) is 5.92. The number of anilines is 1. The van der Waals surface area contributed by atoms with Crippen LogP contribution in [0.3, 0.4) is 0 Å². The maximum Gasteiger partial charge on any atom is 0.319 e. The highest BCUT2D eigenvalue weighted by atomic mass is 16.2. The van der Waals surface area contributed by atoms with Crippen molar-refractivity contribution >= 4 is 22.8 Å². The number of hydrogen-bond acceptors (Lipinski definition) is 4. The third kappa shape index (κ3) is 4.39. The van der Waals surface area contributed by atoms with Crippen molar-refractivity contribution in [2.75, 3.05) is 18.9 Å². The third-order valence-electron chi connectivity index (χ3n) is 5.91. The number of imidazole rings is 1. The van der Waals surface area contributed by atoms with Gasteiger partial charge in [0.1, 0.15) is 5.82 Å². The fourth-order valence-electron chi connectivity index (χ4n) is 4.34. The molecule has 0 spiro atoms. The second-order valence-electron chi connectivity index (χ2n) is 8.43. The standard InChI is InChI=1S/C24H28N6O/c1-16(2)30-21-7-5-4-6-20(21)28-23(30)22-14-19(12-13-29(22)3)27-24(31)26-18-10-8-17(15-25)9-11-18/h4-11,16,19,22H,12-14H2,1-3H3,(H2,26,27,31)/t19-,22-/m1/s1. The van der Waals surface area contributed by atoms with E-state index < -0.39 is 0 Å². The second kappa shape index (κ2) is 8.78. The molecule has 2 heterocycles. The monoisotopic (exact) mass is 416 g/mol. The van der Waals surface area contributed by atoms with Gasteiger partial charge in [-0.05, 0) is 70.1 Å². The van der Waals surface area contributed by atoms with Gasteiger partial charge in [0.15, 0.2) is 0 Å². The van der Waals surface area contributed by atoms with Gasteiger partial charge >= 0.3 is 6.03 Å². The summed E-state index contributed by atoms with van der Waals surface area (Å²) in [5.41, 5.74) is 3.39. The van der Waals surface area contributed by atoms with Crippen molar-refractivity contribution < 1.29 is 4.79 Å². The average Bonchev–Trinajstić information content (AvgIpc) is 3.15. The van der Waals surface area contributed by atoms with E-state index in [-0.39, 0.29) is 18.1 Å². The van der Waals surface area contributed by atoms with Crippen molar-refractivity contribution in [2.24, 2.45) is 0 Å². The first-order valence-electron chi connectivity index (χ1n) is 10.7. The number of piperidine rings is 1. The minimum atomic E-state index is -0.227. The van der Waals surface area contributed by atoms with Crippen molar-refractivity contribution in [2.45, 2.75) is 44.8 Å². The summed E-state index contributed by atoms with van der Waals surface area (Å²) >= 11 is 0. The second-order valence-corrected chi connectivity index (χ2v) is 8.43. The molecule has 0 bridgehead atoms. The number of nitriles is 1. The number of para-hydroxylation sites is 2. The van der Waals surface area contributed by atoms with Gasteiger partial charge in [-0.25, -0.2) is 9.78 Å². The lowest BCUT2D eigenvalue weighted by Gasteiger charge is -2.37. The normalized spacial score (nSPS) is 19.3. The molecule has 0 aliphatic carbocycles. The summed E-state index contributed by atoms with van der Waals surface area (Å²) in [6.45, 7) is 5.25. The molecule has 160 valence electrons. The summed E-state index contributed by atoms with van der Waals surface area (Å²) in [5, 5.41) is 14.9. The number of nitrogens with one attached hydrogen (secondary N) is 2. The summed E-state index contributed by atoms with van der Waals surface area (Å²) < 4.78 is 2.32. The smallest absolute Gasteiger partial charge is 0.319 e. The van der Waals surface area contributed by atoms with Crippen LogP contribution in [0.25, 0.3) is 11.0 Å². The van der Waals surface area contributed by atoms with E-state index in [2.05, 4.69) is 65.3 Å². The molecule has 1 saturated heterocycles. The molecule has 1 aliphatic heterocycles. The number of likely N-dealkylation sites (tertiary alicyclic amines) is 1. The highest BCUT2D eigenvalue weighted by Crippen LogP contribution is 2.33. The van der Waals surface area contributed by atoms with Gasteiger partial charge in [-0.15, -0.1) is 0 Å². The molecule has 1 aromatic heterocycles.